The Morgan fingerprint density at radius 3 is 2.72 bits per heavy atom. The van der Waals surface area contributed by atoms with Gasteiger partial charge in [-0.3, -0.25) is 4.90 Å². The Labute approximate surface area is 111 Å². The van der Waals surface area contributed by atoms with E-state index in [1.807, 2.05) is 0 Å². The third-order valence-corrected chi connectivity index (χ3v) is 3.84. The predicted molar refractivity (Wildman–Crippen MR) is 74.5 cm³/mol. The number of likely N-dealkylation sites (tertiary alicyclic amines) is 1. The fraction of sp³-hybridized carbons (Fsp3) is 1.00. The van der Waals surface area contributed by atoms with Gasteiger partial charge in [-0.25, -0.2) is 0 Å². The zero-order valence-electron chi connectivity index (χ0n) is 12.1. The van der Waals surface area contributed by atoms with Crippen molar-refractivity contribution in [3.8, 4) is 0 Å². The number of aliphatic hydroxyl groups excluding tert-OH is 1. The van der Waals surface area contributed by atoms with E-state index in [0.29, 0.717) is 12.0 Å². The zero-order valence-corrected chi connectivity index (χ0v) is 12.1. The topological polar surface area (TPSA) is 58.7 Å². The summed E-state index contributed by atoms with van der Waals surface area (Å²) in [6.07, 6.45) is 3.64. The average Bonchev–Trinajstić information content (AvgIpc) is 2.37. The Bertz CT molecular complexity index is 224. The molecule has 1 saturated heterocycles. The molecule has 0 aromatic rings. The monoisotopic (exact) mass is 258 g/mol. The highest BCUT2D eigenvalue weighted by atomic mass is 16.5. The van der Waals surface area contributed by atoms with Crippen LogP contribution in [0.3, 0.4) is 0 Å². The van der Waals surface area contributed by atoms with Gasteiger partial charge in [-0.2, -0.15) is 0 Å². The van der Waals surface area contributed by atoms with Crippen LogP contribution in [-0.4, -0.2) is 54.5 Å². The van der Waals surface area contributed by atoms with Crippen molar-refractivity contribution in [3.05, 3.63) is 0 Å². The first-order valence-corrected chi connectivity index (χ1v) is 7.32. The molecule has 1 heterocycles. The van der Waals surface area contributed by atoms with Gasteiger partial charge in [0.05, 0.1) is 12.7 Å². The maximum Gasteiger partial charge on any atom is 0.0702 e. The quantitative estimate of drug-likeness (QED) is 0.721. The number of hydrogen-bond acceptors (Lipinski definition) is 4. The Hall–Kier alpha value is -0.160. The highest BCUT2D eigenvalue weighted by molar-refractivity contribution is 4.87. The maximum absolute atomic E-state index is 9.60. The summed E-state index contributed by atoms with van der Waals surface area (Å²) >= 11 is 0. The van der Waals surface area contributed by atoms with Crippen LogP contribution in [0.2, 0.25) is 0 Å². The first kappa shape index (κ1) is 15.9. The van der Waals surface area contributed by atoms with Gasteiger partial charge in [0, 0.05) is 25.2 Å². The Kier molecular flexibility index (Phi) is 7.15. The lowest BCUT2D eigenvalue weighted by Gasteiger charge is -2.40. The van der Waals surface area contributed by atoms with Crippen LogP contribution in [0, 0.1) is 5.92 Å². The van der Waals surface area contributed by atoms with Crippen molar-refractivity contribution in [2.75, 3.05) is 26.3 Å². The smallest absolute Gasteiger partial charge is 0.0702 e. The molecule has 1 fully saturated rings. The van der Waals surface area contributed by atoms with E-state index in [-0.39, 0.29) is 18.7 Å². The molecule has 1 aliphatic rings. The lowest BCUT2D eigenvalue weighted by atomic mass is 9.94. The second-order valence-electron chi connectivity index (χ2n) is 5.70. The largest absolute Gasteiger partial charge is 0.395 e. The van der Waals surface area contributed by atoms with Gasteiger partial charge in [0.15, 0.2) is 0 Å². The molecule has 0 aliphatic carbocycles. The van der Waals surface area contributed by atoms with Crippen LogP contribution in [0.15, 0.2) is 0 Å². The minimum Gasteiger partial charge on any atom is -0.395 e. The van der Waals surface area contributed by atoms with E-state index in [9.17, 15) is 5.11 Å². The summed E-state index contributed by atoms with van der Waals surface area (Å²) in [6, 6.07) is 0.0953. The summed E-state index contributed by atoms with van der Waals surface area (Å²) in [6.45, 7) is 9.26. The van der Waals surface area contributed by atoms with E-state index < -0.39 is 0 Å². The molecule has 1 aliphatic heterocycles. The molecule has 4 heteroatoms. The predicted octanol–water partition coefficient (Wildman–Crippen LogP) is 1.22. The average molecular weight is 258 g/mol. The van der Waals surface area contributed by atoms with E-state index in [1.54, 1.807) is 0 Å². The van der Waals surface area contributed by atoms with E-state index in [2.05, 4.69) is 25.7 Å². The zero-order chi connectivity index (χ0) is 13.5. The molecule has 108 valence electrons. The lowest BCUT2D eigenvalue weighted by Crippen LogP contribution is -2.56. The summed E-state index contributed by atoms with van der Waals surface area (Å²) in [4.78, 5) is 2.31. The fourth-order valence-electron chi connectivity index (χ4n) is 2.61. The number of nitrogens with two attached hydrogens (primary N) is 1. The van der Waals surface area contributed by atoms with Crippen LogP contribution in [0.5, 0.6) is 0 Å². The van der Waals surface area contributed by atoms with E-state index in [0.717, 1.165) is 39.0 Å². The van der Waals surface area contributed by atoms with Gasteiger partial charge in [0.2, 0.25) is 0 Å². The van der Waals surface area contributed by atoms with Crippen molar-refractivity contribution in [2.24, 2.45) is 11.7 Å². The minimum atomic E-state index is 0.0277. The van der Waals surface area contributed by atoms with Gasteiger partial charge < -0.3 is 15.6 Å². The van der Waals surface area contributed by atoms with Gasteiger partial charge in [0.25, 0.3) is 0 Å². The summed E-state index contributed by atoms with van der Waals surface area (Å²) in [7, 11) is 0. The molecular formula is C14H30N2O2. The molecule has 1 rings (SSSR count). The van der Waals surface area contributed by atoms with E-state index >= 15 is 0 Å². The molecule has 0 saturated carbocycles. The highest BCUT2D eigenvalue weighted by Crippen LogP contribution is 2.19. The van der Waals surface area contributed by atoms with E-state index in [1.165, 1.54) is 0 Å². The maximum atomic E-state index is 9.60. The molecule has 0 amide bonds. The van der Waals surface area contributed by atoms with Crippen molar-refractivity contribution >= 4 is 0 Å². The van der Waals surface area contributed by atoms with Gasteiger partial charge in [0.1, 0.15) is 0 Å². The van der Waals surface area contributed by atoms with Crippen molar-refractivity contribution in [1.82, 2.24) is 4.90 Å². The molecule has 0 aromatic heterocycles. The number of nitrogens with zero attached hydrogens (tertiary/aromatic N) is 1. The Balaban J connectivity index is 2.52. The minimum absolute atomic E-state index is 0.0277. The van der Waals surface area contributed by atoms with Crippen LogP contribution >= 0.6 is 0 Å². The van der Waals surface area contributed by atoms with Gasteiger partial charge in [-0.05, 0) is 31.7 Å². The standard InChI is InChI=1S/C14H30N2O2/c1-4-8-18-12-6-5-7-16(9-12)13(10-17)14(15)11(2)3/h11-14,17H,4-10,15H2,1-3H3. The molecular weight excluding hydrogens is 228 g/mol. The molecule has 4 nitrogen and oxygen atoms in total. The first-order valence-electron chi connectivity index (χ1n) is 7.32. The number of aliphatic hydroxyl groups is 1. The van der Waals surface area contributed by atoms with Gasteiger partial charge in [-0.15, -0.1) is 0 Å². The molecule has 3 unspecified atom stereocenters. The number of hydrogen-bond donors (Lipinski definition) is 2. The van der Waals surface area contributed by atoms with E-state index in [4.69, 9.17) is 10.5 Å². The van der Waals surface area contributed by atoms with Crippen LogP contribution in [0.4, 0.5) is 0 Å². The molecule has 0 spiro atoms. The number of ether oxygens (including phenoxy) is 1. The van der Waals surface area contributed by atoms with Crippen LogP contribution in [0.25, 0.3) is 0 Å². The Morgan fingerprint density at radius 2 is 2.17 bits per heavy atom. The highest BCUT2D eigenvalue weighted by Gasteiger charge is 2.30. The van der Waals surface area contributed by atoms with Crippen LogP contribution in [-0.2, 0) is 4.74 Å². The molecule has 18 heavy (non-hydrogen) atoms. The fourth-order valence-corrected chi connectivity index (χ4v) is 2.61. The summed E-state index contributed by atoms with van der Waals surface area (Å²) in [5.74, 6) is 0.388. The molecule has 3 atom stereocenters. The van der Waals surface area contributed by atoms with Crippen LogP contribution in [0.1, 0.15) is 40.0 Å². The molecule has 0 aromatic carbocycles. The van der Waals surface area contributed by atoms with Crippen molar-refractivity contribution in [3.63, 3.8) is 0 Å². The van der Waals surface area contributed by atoms with Crippen LogP contribution < -0.4 is 5.73 Å². The van der Waals surface area contributed by atoms with Gasteiger partial charge in [-0.1, -0.05) is 20.8 Å². The van der Waals surface area contributed by atoms with Crippen molar-refractivity contribution < 1.29 is 9.84 Å². The third kappa shape index (κ3) is 4.50. The summed E-state index contributed by atoms with van der Waals surface area (Å²) < 4.78 is 5.83. The molecule has 0 radical (unpaired) electrons. The molecule has 0 bridgehead atoms. The third-order valence-electron chi connectivity index (χ3n) is 3.84. The summed E-state index contributed by atoms with van der Waals surface area (Å²) in [5, 5.41) is 9.60. The Morgan fingerprint density at radius 1 is 1.44 bits per heavy atom. The molecule has 3 N–H and O–H groups in total. The van der Waals surface area contributed by atoms with Crippen molar-refractivity contribution in [2.45, 2.75) is 58.2 Å². The SMILES string of the molecule is CCCOC1CCCN(C(CO)C(N)C(C)C)C1. The van der Waals surface area contributed by atoms with Crippen molar-refractivity contribution in [1.29, 1.82) is 0 Å². The van der Waals surface area contributed by atoms with Gasteiger partial charge >= 0.3 is 0 Å². The normalized spacial score (nSPS) is 25.3. The summed E-state index contributed by atoms with van der Waals surface area (Å²) in [5.41, 5.74) is 6.21. The lowest BCUT2D eigenvalue weighted by molar-refractivity contribution is -0.0268. The second-order valence-corrected chi connectivity index (χ2v) is 5.70. The number of piperidine rings is 1. The second kappa shape index (κ2) is 8.10. The number of rotatable bonds is 7. The first-order chi connectivity index (χ1) is 8.60.